The molecule has 0 spiro atoms. The van der Waals surface area contributed by atoms with E-state index in [2.05, 4.69) is 10.6 Å². The number of benzene rings is 2. The van der Waals surface area contributed by atoms with Crippen LogP contribution in [0.2, 0.25) is 5.02 Å². The summed E-state index contributed by atoms with van der Waals surface area (Å²) in [7, 11) is 0. The summed E-state index contributed by atoms with van der Waals surface area (Å²) in [5, 5.41) is 4.87. The highest BCUT2D eigenvalue weighted by molar-refractivity contribution is 6.43. The Hall–Kier alpha value is -2.60. The Bertz CT molecular complexity index is 852. The fraction of sp³-hybridized carbons (Fsp3) is 0.222. The summed E-state index contributed by atoms with van der Waals surface area (Å²) < 4.78 is 13.4. The normalized spacial score (nSPS) is 10.5. The van der Waals surface area contributed by atoms with Gasteiger partial charge in [-0.25, -0.2) is 4.39 Å². The number of halogens is 2. The highest BCUT2D eigenvalue weighted by Gasteiger charge is 2.19. The van der Waals surface area contributed by atoms with Crippen LogP contribution < -0.4 is 16.4 Å². The van der Waals surface area contributed by atoms with Crippen molar-refractivity contribution in [3.63, 3.8) is 0 Å². The molecule has 2 rings (SSSR count). The third kappa shape index (κ3) is 3.74. The Morgan fingerprint density at radius 3 is 2.00 bits per heavy atom. The minimum Gasteiger partial charge on any atom is -0.398 e. The fourth-order valence-electron chi connectivity index (χ4n) is 2.46. The topological polar surface area (TPSA) is 84.2 Å². The molecule has 0 bridgehead atoms. The highest BCUT2D eigenvalue weighted by Crippen LogP contribution is 2.32. The molecule has 0 radical (unpaired) electrons. The van der Waals surface area contributed by atoms with Gasteiger partial charge in [-0.15, -0.1) is 0 Å². The van der Waals surface area contributed by atoms with Gasteiger partial charge in [0.25, 0.3) is 0 Å². The predicted molar refractivity (Wildman–Crippen MR) is 98.5 cm³/mol. The van der Waals surface area contributed by atoms with Gasteiger partial charge in [-0.1, -0.05) is 11.6 Å². The summed E-state index contributed by atoms with van der Waals surface area (Å²) in [5.74, 6) is -2.45. The SMILES string of the molecule is Cc1c(C)c(NC(=O)C(=O)Nc2ccc(Cl)c(F)c2)c(C)c(C)c1N. The van der Waals surface area contributed by atoms with Crippen molar-refractivity contribution in [3.8, 4) is 0 Å². The second-order valence-corrected chi connectivity index (χ2v) is 6.23. The van der Waals surface area contributed by atoms with Gasteiger partial charge in [0.2, 0.25) is 0 Å². The van der Waals surface area contributed by atoms with Crippen molar-refractivity contribution in [2.24, 2.45) is 0 Å². The summed E-state index contributed by atoms with van der Waals surface area (Å²) in [5.41, 5.74) is 10.7. The quantitative estimate of drug-likeness (QED) is 0.559. The Morgan fingerprint density at radius 1 is 0.960 bits per heavy atom. The number of amides is 2. The smallest absolute Gasteiger partial charge is 0.314 e. The van der Waals surface area contributed by atoms with Gasteiger partial charge in [-0.2, -0.15) is 0 Å². The van der Waals surface area contributed by atoms with Crippen molar-refractivity contribution >= 4 is 40.5 Å². The van der Waals surface area contributed by atoms with Crippen molar-refractivity contribution in [1.82, 2.24) is 0 Å². The lowest BCUT2D eigenvalue weighted by Gasteiger charge is -2.18. The van der Waals surface area contributed by atoms with Crippen molar-refractivity contribution < 1.29 is 14.0 Å². The zero-order chi connectivity index (χ0) is 18.9. The molecule has 2 aromatic carbocycles. The first-order valence-electron chi connectivity index (χ1n) is 7.56. The van der Waals surface area contributed by atoms with Crippen LogP contribution in [0.15, 0.2) is 18.2 Å². The van der Waals surface area contributed by atoms with Crippen LogP contribution in [-0.4, -0.2) is 11.8 Å². The van der Waals surface area contributed by atoms with E-state index in [9.17, 15) is 14.0 Å². The standard InChI is InChI=1S/C18H19ClFN3O2/c1-8-10(3)16(11(4)9(2)15(8)21)23-18(25)17(24)22-12-5-6-13(19)14(20)7-12/h5-7H,21H2,1-4H3,(H,22,24)(H,23,25). The number of anilines is 3. The van der Waals surface area contributed by atoms with Gasteiger partial charge in [-0.3, -0.25) is 9.59 Å². The number of carbonyl (C=O) groups excluding carboxylic acids is 2. The van der Waals surface area contributed by atoms with Crippen molar-refractivity contribution in [1.29, 1.82) is 0 Å². The zero-order valence-electron chi connectivity index (χ0n) is 14.4. The predicted octanol–water partition coefficient (Wildman–Crippen LogP) is 3.87. The van der Waals surface area contributed by atoms with E-state index in [1.54, 1.807) is 0 Å². The minimum absolute atomic E-state index is 0.0680. The highest BCUT2D eigenvalue weighted by atomic mass is 35.5. The van der Waals surface area contributed by atoms with E-state index < -0.39 is 17.6 Å². The van der Waals surface area contributed by atoms with Gasteiger partial charge in [0, 0.05) is 17.1 Å². The number of hydrogen-bond acceptors (Lipinski definition) is 3. The maximum absolute atomic E-state index is 13.4. The monoisotopic (exact) mass is 363 g/mol. The lowest BCUT2D eigenvalue weighted by Crippen LogP contribution is -2.30. The molecule has 5 nitrogen and oxygen atoms in total. The van der Waals surface area contributed by atoms with Crippen LogP contribution in [0.3, 0.4) is 0 Å². The number of hydrogen-bond donors (Lipinski definition) is 3. The van der Waals surface area contributed by atoms with E-state index in [-0.39, 0.29) is 10.7 Å². The van der Waals surface area contributed by atoms with Crippen molar-refractivity contribution in [2.75, 3.05) is 16.4 Å². The molecule has 2 amide bonds. The maximum atomic E-state index is 13.4. The molecule has 25 heavy (non-hydrogen) atoms. The van der Waals surface area contributed by atoms with Gasteiger partial charge in [-0.05, 0) is 68.1 Å². The molecule has 0 saturated carbocycles. The van der Waals surface area contributed by atoms with E-state index in [0.717, 1.165) is 28.3 Å². The first kappa shape index (κ1) is 18.7. The summed E-state index contributed by atoms with van der Waals surface area (Å²) in [4.78, 5) is 24.3. The molecule has 4 N–H and O–H groups in total. The third-order valence-corrected chi connectivity index (χ3v) is 4.61. The average Bonchev–Trinajstić information content (AvgIpc) is 2.58. The van der Waals surface area contributed by atoms with Gasteiger partial charge in [0.1, 0.15) is 5.82 Å². The van der Waals surface area contributed by atoms with Crippen LogP contribution in [0.25, 0.3) is 0 Å². The molecule has 0 saturated heterocycles. The number of carbonyl (C=O) groups is 2. The molecule has 0 aliphatic carbocycles. The van der Waals surface area contributed by atoms with E-state index in [0.29, 0.717) is 11.4 Å². The molecule has 2 aromatic rings. The molecule has 132 valence electrons. The second kappa shape index (κ2) is 7.11. The van der Waals surface area contributed by atoms with Crippen LogP contribution in [0.1, 0.15) is 22.3 Å². The first-order chi connectivity index (χ1) is 11.6. The number of nitrogens with two attached hydrogens (primary N) is 1. The largest absolute Gasteiger partial charge is 0.398 e. The Kier molecular flexibility index (Phi) is 5.33. The average molecular weight is 364 g/mol. The number of nitrogens with one attached hydrogen (secondary N) is 2. The summed E-state index contributed by atoms with van der Waals surface area (Å²) in [6.07, 6.45) is 0. The zero-order valence-corrected chi connectivity index (χ0v) is 15.1. The van der Waals surface area contributed by atoms with Gasteiger partial charge >= 0.3 is 11.8 Å². The Morgan fingerprint density at radius 2 is 1.48 bits per heavy atom. The molecule has 0 atom stereocenters. The fourth-order valence-corrected chi connectivity index (χ4v) is 2.58. The molecule has 0 fully saturated rings. The van der Waals surface area contributed by atoms with Gasteiger partial charge in [0.05, 0.1) is 5.02 Å². The molecule has 0 unspecified atom stereocenters. The molecule has 7 heteroatoms. The summed E-state index contributed by atoms with van der Waals surface area (Å²) >= 11 is 5.59. The van der Waals surface area contributed by atoms with E-state index in [1.165, 1.54) is 12.1 Å². The van der Waals surface area contributed by atoms with E-state index in [4.69, 9.17) is 17.3 Å². The molecule has 0 heterocycles. The van der Waals surface area contributed by atoms with Gasteiger partial charge < -0.3 is 16.4 Å². The van der Waals surface area contributed by atoms with Crippen molar-refractivity contribution in [2.45, 2.75) is 27.7 Å². The lowest BCUT2D eigenvalue weighted by molar-refractivity contribution is -0.133. The molecular weight excluding hydrogens is 345 g/mol. The maximum Gasteiger partial charge on any atom is 0.314 e. The van der Waals surface area contributed by atoms with Gasteiger partial charge in [0.15, 0.2) is 0 Å². The number of nitrogen functional groups attached to an aromatic ring is 1. The molecule has 0 aliphatic heterocycles. The second-order valence-electron chi connectivity index (χ2n) is 5.83. The first-order valence-corrected chi connectivity index (χ1v) is 7.94. The van der Waals surface area contributed by atoms with E-state index in [1.807, 2.05) is 27.7 Å². The summed E-state index contributed by atoms with van der Waals surface area (Å²) in [6, 6.07) is 3.75. The Labute approximate surface area is 150 Å². The minimum atomic E-state index is -0.910. The summed E-state index contributed by atoms with van der Waals surface area (Å²) in [6.45, 7) is 7.34. The Balaban J connectivity index is 2.22. The van der Waals surface area contributed by atoms with Crippen LogP contribution in [0, 0.1) is 33.5 Å². The molecule has 0 aliphatic rings. The van der Waals surface area contributed by atoms with Crippen LogP contribution in [0.5, 0.6) is 0 Å². The lowest BCUT2D eigenvalue weighted by atomic mass is 9.96. The van der Waals surface area contributed by atoms with Crippen LogP contribution in [-0.2, 0) is 9.59 Å². The number of rotatable bonds is 2. The van der Waals surface area contributed by atoms with Crippen LogP contribution >= 0.6 is 11.6 Å². The van der Waals surface area contributed by atoms with Crippen molar-refractivity contribution in [3.05, 3.63) is 51.3 Å². The van der Waals surface area contributed by atoms with E-state index >= 15 is 0 Å². The van der Waals surface area contributed by atoms with Crippen LogP contribution in [0.4, 0.5) is 21.5 Å². The molecule has 0 aromatic heterocycles. The third-order valence-electron chi connectivity index (χ3n) is 4.31. The molecular formula is C18H19ClFN3O2.